The maximum Gasteiger partial charge on any atom is 0.0769 e. The molecule has 14 heavy (non-hydrogen) atoms. The van der Waals surface area contributed by atoms with E-state index in [0.29, 0.717) is 12.1 Å². The second-order valence-corrected chi connectivity index (χ2v) is 4.51. The zero-order valence-corrected chi connectivity index (χ0v) is 9.35. The smallest absolute Gasteiger partial charge is 0.0769 e. The van der Waals surface area contributed by atoms with E-state index >= 15 is 0 Å². The molecule has 1 aromatic rings. The summed E-state index contributed by atoms with van der Waals surface area (Å²) in [5, 5.41) is 7.69. The number of nitrogens with one attached hydrogen (secondary N) is 1. The molecule has 2 nitrogen and oxygen atoms in total. The molecule has 3 heteroatoms. The van der Waals surface area contributed by atoms with Gasteiger partial charge in [0.15, 0.2) is 0 Å². The molecule has 78 valence electrons. The lowest BCUT2D eigenvalue weighted by atomic mass is 9.98. The molecule has 1 saturated heterocycles. The van der Waals surface area contributed by atoms with Crippen LogP contribution in [0.3, 0.4) is 0 Å². The number of ether oxygens (including phenoxy) is 1. The predicted molar refractivity (Wildman–Crippen MR) is 59.7 cm³/mol. The molecule has 2 rings (SSSR count). The van der Waals surface area contributed by atoms with Gasteiger partial charge in [-0.1, -0.05) is 0 Å². The van der Waals surface area contributed by atoms with Crippen LogP contribution in [0.15, 0.2) is 16.8 Å². The number of thiophene rings is 1. The minimum Gasteiger partial charge on any atom is -0.376 e. The molecule has 0 radical (unpaired) electrons. The summed E-state index contributed by atoms with van der Waals surface area (Å²) < 4.78 is 5.80. The highest BCUT2D eigenvalue weighted by atomic mass is 32.1. The van der Waals surface area contributed by atoms with Crippen molar-refractivity contribution in [1.29, 1.82) is 0 Å². The van der Waals surface area contributed by atoms with Gasteiger partial charge in [0.1, 0.15) is 0 Å². The molecule has 2 heterocycles. The predicted octanol–water partition coefficient (Wildman–Crippen LogP) is 2.58. The highest BCUT2D eigenvalue weighted by Crippen LogP contribution is 2.27. The summed E-state index contributed by atoms with van der Waals surface area (Å²) in [5.41, 5.74) is 1.37. The number of hydrogen-bond acceptors (Lipinski definition) is 3. The minimum absolute atomic E-state index is 0.364. The van der Waals surface area contributed by atoms with Gasteiger partial charge in [0.2, 0.25) is 0 Å². The van der Waals surface area contributed by atoms with Gasteiger partial charge in [0, 0.05) is 6.61 Å². The van der Waals surface area contributed by atoms with Gasteiger partial charge in [0.05, 0.1) is 12.1 Å². The first-order chi connectivity index (χ1) is 6.92. The monoisotopic (exact) mass is 211 g/mol. The summed E-state index contributed by atoms with van der Waals surface area (Å²) in [5.74, 6) is 0. The highest BCUT2D eigenvalue weighted by molar-refractivity contribution is 7.07. The SMILES string of the molecule is CNC(c1ccsc1)C1CCCCO1. The van der Waals surface area contributed by atoms with Gasteiger partial charge in [-0.2, -0.15) is 11.3 Å². The summed E-state index contributed by atoms with van der Waals surface area (Å²) in [4.78, 5) is 0. The van der Waals surface area contributed by atoms with Gasteiger partial charge in [-0.3, -0.25) is 0 Å². The van der Waals surface area contributed by atoms with Crippen molar-refractivity contribution in [2.24, 2.45) is 0 Å². The zero-order chi connectivity index (χ0) is 9.80. The third-order valence-electron chi connectivity index (χ3n) is 2.80. The first-order valence-electron chi connectivity index (χ1n) is 5.23. The third-order valence-corrected chi connectivity index (χ3v) is 3.50. The molecule has 2 atom stereocenters. The van der Waals surface area contributed by atoms with Crippen LogP contribution in [0.2, 0.25) is 0 Å². The van der Waals surface area contributed by atoms with Crippen LogP contribution in [0, 0.1) is 0 Å². The van der Waals surface area contributed by atoms with E-state index in [1.165, 1.54) is 24.8 Å². The van der Waals surface area contributed by atoms with E-state index in [2.05, 4.69) is 22.1 Å². The molecule has 2 unspecified atom stereocenters. The largest absolute Gasteiger partial charge is 0.376 e. The molecule has 0 saturated carbocycles. The van der Waals surface area contributed by atoms with E-state index in [0.717, 1.165) is 6.61 Å². The van der Waals surface area contributed by atoms with E-state index in [1.54, 1.807) is 11.3 Å². The maximum atomic E-state index is 5.80. The summed E-state index contributed by atoms with van der Waals surface area (Å²) in [6.45, 7) is 0.924. The Morgan fingerprint density at radius 2 is 2.50 bits per heavy atom. The molecule has 1 aromatic heterocycles. The topological polar surface area (TPSA) is 21.3 Å². The molecule has 0 bridgehead atoms. The fourth-order valence-corrected chi connectivity index (χ4v) is 2.74. The third kappa shape index (κ3) is 2.16. The second-order valence-electron chi connectivity index (χ2n) is 3.73. The van der Waals surface area contributed by atoms with E-state index in [9.17, 15) is 0 Å². The van der Waals surface area contributed by atoms with Crippen LogP contribution >= 0.6 is 11.3 Å². The van der Waals surface area contributed by atoms with Gasteiger partial charge in [-0.15, -0.1) is 0 Å². The van der Waals surface area contributed by atoms with Crippen molar-refractivity contribution in [3.63, 3.8) is 0 Å². The van der Waals surface area contributed by atoms with Crippen molar-refractivity contribution < 1.29 is 4.74 Å². The molecular formula is C11H17NOS. The number of hydrogen-bond donors (Lipinski definition) is 1. The van der Waals surface area contributed by atoms with Crippen LogP contribution in [0.1, 0.15) is 30.9 Å². The molecule has 1 aliphatic rings. The summed E-state index contributed by atoms with van der Waals surface area (Å²) in [6.07, 6.45) is 4.06. The Kier molecular flexibility index (Phi) is 3.56. The van der Waals surface area contributed by atoms with Crippen LogP contribution in [-0.2, 0) is 4.74 Å². The molecule has 1 N–H and O–H groups in total. The van der Waals surface area contributed by atoms with E-state index in [-0.39, 0.29) is 0 Å². The molecular weight excluding hydrogens is 194 g/mol. The summed E-state index contributed by atoms with van der Waals surface area (Å²) in [6, 6.07) is 2.56. The molecule has 0 aromatic carbocycles. The number of rotatable bonds is 3. The van der Waals surface area contributed by atoms with E-state index < -0.39 is 0 Å². The van der Waals surface area contributed by atoms with E-state index in [1.807, 2.05) is 7.05 Å². The molecule has 0 aliphatic carbocycles. The Bertz CT molecular complexity index is 254. The Hall–Kier alpha value is -0.380. The van der Waals surface area contributed by atoms with Crippen LogP contribution in [0.5, 0.6) is 0 Å². The highest BCUT2D eigenvalue weighted by Gasteiger charge is 2.24. The van der Waals surface area contributed by atoms with Gasteiger partial charge < -0.3 is 10.1 Å². The quantitative estimate of drug-likeness (QED) is 0.829. The summed E-state index contributed by atoms with van der Waals surface area (Å²) >= 11 is 1.75. The Balaban J connectivity index is 2.04. The normalized spacial score (nSPS) is 24.8. The molecule has 1 fully saturated rings. The lowest BCUT2D eigenvalue weighted by Gasteiger charge is -2.29. The average Bonchev–Trinajstić information content (AvgIpc) is 2.74. The lowest BCUT2D eigenvalue weighted by Crippen LogP contribution is -2.33. The van der Waals surface area contributed by atoms with Crippen molar-refractivity contribution in [2.45, 2.75) is 31.4 Å². The van der Waals surface area contributed by atoms with Crippen molar-refractivity contribution in [1.82, 2.24) is 5.32 Å². The van der Waals surface area contributed by atoms with Gasteiger partial charge in [-0.25, -0.2) is 0 Å². The first-order valence-corrected chi connectivity index (χ1v) is 6.17. The number of likely N-dealkylation sites (N-methyl/N-ethyl adjacent to an activating group) is 1. The minimum atomic E-state index is 0.364. The molecule has 1 aliphatic heterocycles. The standard InChI is InChI=1S/C11H17NOS/c1-12-11(9-5-7-14-8-9)10-4-2-3-6-13-10/h5,7-8,10-12H,2-4,6H2,1H3. The van der Waals surface area contributed by atoms with Gasteiger partial charge in [0.25, 0.3) is 0 Å². The molecule has 0 amide bonds. The lowest BCUT2D eigenvalue weighted by molar-refractivity contribution is -0.00653. The van der Waals surface area contributed by atoms with Crippen molar-refractivity contribution in [2.75, 3.05) is 13.7 Å². The Labute approximate surface area is 89.3 Å². The Morgan fingerprint density at radius 3 is 3.07 bits per heavy atom. The van der Waals surface area contributed by atoms with Gasteiger partial charge in [-0.05, 0) is 48.7 Å². The van der Waals surface area contributed by atoms with Crippen LogP contribution in [0.25, 0.3) is 0 Å². The van der Waals surface area contributed by atoms with Crippen LogP contribution in [-0.4, -0.2) is 19.8 Å². The average molecular weight is 211 g/mol. The van der Waals surface area contributed by atoms with Crippen molar-refractivity contribution >= 4 is 11.3 Å². The molecule has 0 spiro atoms. The second kappa shape index (κ2) is 4.91. The Morgan fingerprint density at radius 1 is 1.57 bits per heavy atom. The fraction of sp³-hybridized carbons (Fsp3) is 0.636. The fourth-order valence-electron chi connectivity index (χ4n) is 2.05. The zero-order valence-electron chi connectivity index (χ0n) is 8.53. The van der Waals surface area contributed by atoms with Crippen molar-refractivity contribution in [3.8, 4) is 0 Å². The van der Waals surface area contributed by atoms with Crippen molar-refractivity contribution in [3.05, 3.63) is 22.4 Å². The van der Waals surface area contributed by atoms with E-state index in [4.69, 9.17) is 4.74 Å². The first kappa shape index (κ1) is 10.1. The maximum absolute atomic E-state index is 5.80. The van der Waals surface area contributed by atoms with Crippen LogP contribution in [0.4, 0.5) is 0 Å². The summed E-state index contributed by atoms with van der Waals surface area (Å²) in [7, 11) is 2.01. The van der Waals surface area contributed by atoms with Crippen LogP contribution < -0.4 is 5.32 Å². The van der Waals surface area contributed by atoms with Gasteiger partial charge >= 0.3 is 0 Å².